The zero-order valence-electron chi connectivity index (χ0n) is 26.3. The second kappa shape index (κ2) is 10.7. The number of benzene rings is 10. The Morgan fingerprint density at radius 1 is 0.229 bits per heavy atom. The van der Waals surface area contributed by atoms with Crippen LogP contribution in [0.5, 0.6) is 0 Å². The van der Waals surface area contributed by atoms with Gasteiger partial charge in [-0.15, -0.1) is 0 Å². The third-order valence-electron chi connectivity index (χ3n) is 10.2. The first kappa shape index (κ1) is 26.9. The largest absolute Gasteiger partial charge is 0.0622 e. The molecule has 0 saturated carbocycles. The van der Waals surface area contributed by atoms with Crippen molar-refractivity contribution in [2.45, 2.75) is 0 Å². The lowest BCUT2D eigenvalue weighted by Gasteiger charge is -2.23. The third-order valence-corrected chi connectivity index (χ3v) is 10.2. The van der Waals surface area contributed by atoms with E-state index in [1.165, 1.54) is 98.0 Å². The van der Waals surface area contributed by atoms with Crippen molar-refractivity contribution in [3.05, 3.63) is 182 Å². The van der Waals surface area contributed by atoms with Crippen molar-refractivity contribution < 1.29 is 0 Å². The molecule has 10 rings (SSSR count). The molecule has 0 aromatic heterocycles. The highest BCUT2D eigenvalue weighted by Crippen LogP contribution is 2.52. The lowest BCUT2D eigenvalue weighted by atomic mass is 9.79. The molecule has 0 amide bonds. The number of hydrogen-bond acceptors (Lipinski definition) is 0. The van der Waals surface area contributed by atoms with Crippen molar-refractivity contribution >= 4 is 64.6 Å². The molecule has 0 radical (unpaired) electrons. The topological polar surface area (TPSA) is 0 Å². The zero-order chi connectivity index (χ0) is 31.6. The first-order valence-corrected chi connectivity index (χ1v) is 16.7. The molecule has 0 heterocycles. The Balaban J connectivity index is 1.52. The molecule has 222 valence electrons. The van der Waals surface area contributed by atoms with Crippen LogP contribution in [0.1, 0.15) is 0 Å². The predicted molar refractivity (Wildman–Crippen MR) is 208 cm³/mol. The van der Waals surface area contributed by atoms with E-state index in [1.807, 2.05) is 0 Å². The van der Waals surface area contributed by atoms with Gasteiger partial charge in [0.15, 0.2) is 0 Å². The van der Waals surface area contributed by atoms with Gasteiger partial charge in [0.05, 0.1) is 0 Å². The van der Waals surface area contributed by atoms with Gasteiger partial charge >= 0.3 is 0 Å². The van der Waals surface area contributed by atoms with Crippen molar-refractivity contribution in [1.29, 1.82) is 0 Å². The van der Waals surface area contributed by atoms with Crippen LogP contribution in [0.2, 0.25) is 0 Å². The average molecular weight is 607 g/mol. The first-order chi connectivity index (χ1) is 23.8. The molecule has 0 unspecified atom stereocenters. The molecule has 0 heteroatoms. The van der Waals surface area contributed by atoms with E-state index < -0.39 is 0 Å². The summed E-state index contributed by atoms with van der Waals surface area (Å²) in [4.78, 5) is 0. The molecule has 0 fully saturated rings. The summed E-state index contributed by atoms with van der Waals surface area (Å²) in [6, 6.07) is 67.1. The molecule has 0 atom stereocenters. The van der Waals surface area contributed by atoms with Crippen LogP contribution < -0.4 is 0 Å². The minimum Gasteiger partial charge on any atom is -0.0622 e. The van der Waals surface area contributed by atoms with Crippen LogP contribution in [-0.4, -0.2) is 0 Å². The fraction of sp³-hybridized carbons (Fsp3) is 0. The monoisotopic (exact) mass is 606 g/mol. The predicted octanol–water partition coefficient (Wildman–Crippen LogP) is 13.6. The third kappa shape index (κ3) is 3.96. The highest BCUT2D eigenvalue weighted by molar-refractivity contribution is 6.38. The van der Waals surface area contributed by atoms with Gasteiger partial charge in [-0.1, -0.05) is 170 Å². The molecule has 0 spiro atoms. The Bertz CT molecular complexity index is 2870. The highest BCUT2D eigenvalue weighted by Gasteiger charge is 2.24. The van der Waals surface area contributed by atoms with Crippen molar-refractivity contribution in [2.24, 2.45) is 0 Å². The standard InChI is InChI=1S/C48H30/c1-2-15-32(16-3-1)43-29-33-18-4-5-19-34(33)30-44(43)46-42-27-13-12-26-41(42)45(38-28-14-20-31-17-6-7-21-35(31)38)47-39-24-10-8-22-36(39)37-23-9-11-25-40(37)48(46)47/h1-30H. The van der Waals surface area contributed by atoms with Gasteiger partial charge in [0.25, 0.3) is 0 Å². The summed E-state index contributed by atoms with van der Waals surface area (Å²) in [5.74, 6) is 0. The van der Waals surface area contributed by atoms with E-state index in [4.69, 9.17) is 0 Å². The lowest BCUT2D eigenvalue weighted by molar-refractivity contribution is 1.63. The van der Waals surface area contributed by atoms with Crippen molar-refractivity contribution in [1.82, 2.24) is 0 Å². The summed E-state index contributed by atoms with van der Waals surface area (Å²) in [7, 11) is 0. The van der Waals surface area contributed by atoms with E-state index >= 15 is 0 Å². The van der Waals surface area contributed by atoms with E-state index in [2.05, 4.69) is 182 Å². The summed E-state index contributed by atoms with van der Waals surface area (Å²) < 4.78 is 0. The number of fused-ring (bicyclic) bond motifs is 9. The van der Waals surface area contributed by atoms with Crippen LogP contribution in [0.15, 0.2) is 182 Å². The molecule has 0 bridgehead atoms. The Labute approximate surface area is 279 Å². The molecule has 0 aliphatic carbocycles. The van der Waals surface area contributed by atoms with E-state index in [-0.39, 0.29) is 0 Å². The fourth-order valence-electron chi connectivity index (χ4n) is 8.16. The maximum atomic E-state index is 2.43. The Morgan fingerprint density at radius 3 is 1.25 bits per heavy atom. The van der Waals surface area contributed by atoms with Crippen LogP contribution >= 0.6 is 0 Å². The molecule has 0 aliphatic rings. The van der Waals surface area contributed by atoms with Gasteiger partial charge in [0, 0.05) is 0 Å². The van der Waals surface area contributed by atoms with Gasteiger partial charge in [-0.25, -0.2) is 0 Å². The maximum Gasteiger partial charge on any atom is -0.000741 e. The summed E-state index contributed by atoms with van der Waals surface area (Å²) in [6.07, 6.45) is 0. The minimum atomic E-state index is 1.22. The molecule has 0 saturated heterocycles. The fourth-order valence-corrected chi connectivity index (χ4v) is 8.16. The van der Waals surface area contributed by atoms with Gasteiger partial charge in [-0.3, -0.25) is 0 Å². The lowest BCUT2D eigenvalue weighted by Crippen LogP contribution is -1.96. The van der Waals surface area contributed by atoms with Crippen LogP contribution in [-0.2, 0) is 0 Å². The summed E-state index contributed by atoms with van der Waals surface area (Å²) >= 11 is 0. The quantitative estimate of drug-likeness (QED) is 0.139. The van der Waals surface area contributed by atoms with E-state index in [0.29, 0.717) is 0 Å². The van der Waals surface area contributed by atoms with E-state index in [0.717, 1.165) is 0 Å². The molecule has 48 heavy (non-hydrogen) atoms. The zero-order valence-corrected chi connectivity index (χ0v) is 26.3. The molecule has 0 nitrogen and oxygen atoms in total. The molecule has 10 aromatic rings. The second-order valence-electron chi connectivity index (χ2n) is 12.8. The van der Waals surface area contributed by atoms with Gasteiger partial charge in [-0.05, 0) is 110 Å². The van der Waals surface area contributed by atoms with Crippen LogP contribution in [0.3, 0.4) is 0 Å². The maximum absolute atomic E-state index is 2.43. The Kier molecular flexibility index (Phi) is 5.98. The van der Waals surface area contributed by atoms with Crippen LogP contribution in [0.25, 0.3) is 98.0 Å². The van der Waals surface area contributed by atoms with Gasteiger partial charge in [-0.2, -0.15) is 0 Å². The number of rotatable bonds is 3. The summed E-state index contributed by atoms with van der Waals surface area (Å²) in [5.41, 5.74) is 7.57. The average Bonchev–Trinajstić information content (AvgIpc) is 3.17. The van der Waals surface area contributed by atoms with Crippen LogP contribution in [0, 0.1) is 0 Å². The molecule has 0 N–H and O–H groups in total. The second-order valence-corrected chi connectivity index (χ2v) is 12.8. The van der Waals surface area contributed by atoms with Crippen LogP contribution in [0.4, 0.5) is 0 Å². The molecule has 10 aromatic carbocycles. The Morgan fingerprint density at radius 2 is 0.646 bits per heavy atom. The van der Waals surface area contributed by atoms with Gasteiger partial charge in [0.1, 0.15) is 0 Å². The summed E-state index contributed by atoms with van der Waals surface area (Å²) in [6.45, 7) is 0. The first-order valence-electron chi connectivity index (χ1n) is 16.7. The van der Waals surface area contributed by atoms with Gasteiger partial charge < -0.3 is 0 Å². The van der Waals surface area contributed by atoms with E-state index in [9.17, 15) is 0 Å². The molecular weight excluding hydrogens is 577 g/mol. The van der Waals surface area contributed by atoms with Crippen molar-refractivity contribution in [3.8, 4) is 33.4 Å². The van der Waals surface area contributed by atoms with Crippen molar-refractivity contribution in [3.63, 3.8) is 0 Å². The van der Waals surface area contributed by atoms with E-state index in [1.54, 1.807) is 0 Å². The highest BCUT2D eigenvalue weighted by atomic mass is 14.3. The number of hydrogen-bond donors (Lipinski definition) is 0. The Hall–Kier alpha value is -6.24. The van der Waals surface area contributed by atoms with Crippen molar-refractivity contribution in [2.75, 3.05) is 0 Å². The SMILES string of the molecule is c1ccc(-c2cc3ccccc3cc2-c2c3ccccc3c(-c3cccc4ccccc34)c3c4ccccc4c4ccccc4c23)cc1. The molecule has 0 aliphatic heterocycles. The van der Waals surface area contributed by atoms with Gasteiger partial charge in [0.2, 0.25) is 0 Å². The smallest absolute Gasteiger partial charge is 0.000741 e. The minimum absolute atomic E-state index is 1.22. The normalized spacial score (nSPS) is 11.8. The summed E-state index contributed by atoms with van der Waals surface area (Å²) in [5, 5.41) is 15.3. The molecular formula is C48H30.